The zero-order chi connectivity index (χ0) is 22.9. The molecule has 30 heavy (non-hydrogen) atoms. The molecular weight excluding hydrogens is 397 g/mol. The summed E-state index contributed by atoms with van der Waals surface area (Å²) in [7, 11) is 1.41. The second kappa shape index (κ2) is 8.49. The average Bonchev–Trinajstić information content (AvgIpc) is 3.06. The van der Waals surface area contributed by atoms with Crippen molar-refractivity contribution in [2.75, 3.05) is 18.9 Å². The zero-order valence-corrected chi connectivity index (χ0v) is 18.0. The zero-order valence-electron chi connectivity index (χ0n) is 18.0. The van der Waals surface area contributed by atoms with E-state index in [1.165, 1.54) is 25.2 Å². The van der Waals surface area contributed by atoms with Gasteiger partial charge in [-0.3, -0.25) is 14.3 Å². The van der Waals surface area contributed by atoms with Gasteiger partial charge in [0.1, 0.15) is 0 Å². The smallest absolute Gasteiger partial charge is 0.331 e. The molecule has 0 atom stereocenters. The maximum atomic E-state index is 13.1. The van der Waals surface area contributed by atoms with Crippen LogP contribution in [0.1, 0.15) is 62.3 Å². The molecule has 0 radical (unpaired) electrons. The van der Waals surface area contributed by atoms with Crippen molar-refractivity contribution < 1.29 is 22.8 Å². The van der Waals surface area contributed by atoms with E-state index in [9.17, 15) is 22.8 Å². The molecule has 2 amide bonds. The lowest BCUT2D eigenvalue weighted by Crippen LogP contribution is -2.35. The molecule has 2 aromatic rings. The van der Waals surface area contributed by atoms with E-state index in [2.05, 4.69) is 10.4 Å². The van der Waals surface area contributed by atoms with Gasteiger partial charge in [0.25, 0.3) is 5.91 Å². The number of hydrogen-bond acceptors (Lipinski definition) is 3. The first-order valence-corrected chi connectivity index (χ1v) is 9.53. The van der Waals surface area contributed by atoms with Crippen LogP contribution in [0.2, 0.25) is 0 Å². The molecule has 0 saturated heterocycles. The number of rotatable bonds is 5. The van der Waals surface area contributed by atoms with Gasteiger partial charge in [-0.25, -0.2) is 0 Å². The van der Waals surface area contributed by atoms with Crippen LogP contribution in [0, 0.1) is 0 Å². The van der Waals surface area contributed by atoms with Crippen LogP contribution in [0.25, 0.3) is 0 Å². The van der Waals surface area contributed by atoms with Crippen LogP contribution < -0.4 is 5.32 Å². The first-order chi connectivity index (χ1) is 13.7. The Balaban J connectivity index is 2.16. The Bertz CT molecular complexity index is 927. The largest absolute Gasteiger partial charge is 0.418 e. The first kappa shape index (κ1) is 23.4. The van der Waals surface area contributed by atoms with Gasteiger partial charge in [-0.05, 0) is 44.9 Å². The first-order valence-electron chi connectivity index (χ1n) is 9.53. The van der Waals surface area contributed by atoms with Gasteiger partial charge in [0.2, 0.25) is 5.91 Å². The fourth-order valence-corrected chi connectivity index (χ4v) is 2.96. The Kier molecular flexibility index (Phi) is 6.63. The van der Waals surface area contributed by atoms with Crippen molar-refractivity contribution >= 4 is 17.5 Å². The fourth-order valence-electron chi connectivity index (χ4n) is 2.96. The molecule has 0 saturated carbocycles. The number of carbonyl (C=O) groups is 2. The van der Waals surface area contributed by atoms with Crippen molar-refractivity contribution in [1.29, 1.82) is 0 Å². The summed E-state index contributed by atoms with van der Waals surface area (Å²) >= 11 is 0. The average molecular weight is 424 g/mol. The molecule has 2 rings (SSSR count). The summed E-state index contributed by atoms with van der Waals surface area (Å²) in [4.78, 5) is 26.2. The van der Waals surface area contributed by atoms with Crippen LogP contribution in [0.15, 0.2) is 30.3 Å². The van der Waals surface area contributed by atoms with E-state index in [1.807, 2.05) is 34.6 Å². The molecular formula is C21H27F3N4O2. The fraction of sp³-hybridized carbons (Fsp3) is 0.476. The molecule has 0 aliphatic carbocycles. The van der Waals surface area contributed by atoms with Crippen LogP contribution in [0.5, 0.6) is 0 Å². The minimum atomic E-state index is -4.60. The monoisotopic (exact) mass is 424 g/mol. The number of alkyl halides is 3. The van der Waals surface area contributed by atoms with E-state index in [4.69, 9.17) is 0 Å². The van der Waals surface area contributed by atoms with Gasteiger partial charge < -0.3 is 10.2 Å². The van der Waals surface area contributed by atoms with Crippen molar-refractivity contribution in [2.45, 2.75) is 52.3 Å². The highest BCUT2D eigenvalue weighted by Gasteiger charge is 2.33. The van der Waals surface area contributed by atoms with Crippen molar-refractivity contribution in [3.8, 4) is 0 Å². The van der Waals surface area contributed by atoms with Gasteiger partial charge in [-0.2, -0.15) is 18.3 Å². The van der Waals surface area contributed by atoms with Crippen LogP contribution in [0.4, 0.5) is 18.9 Å². The van der Waals surface area contributed by atoms with E-state index in [0.29, 0.717) is 0 Å². The number of halogens is 3. The molecule has 1 aromatic carbocycles. The maximum Gasteiger partial charge on any atom is 0.418 e. The number of likely N-dealkylation sites (N-methyl/N-ethyl adjacent to an activating group) is 1. The molecule has 0 fully saturated rings. The molecule has 1 heterocycles. The lowest BCUT2D eigenvalue weighted by atomic mass is 10.1. The third-order valence-corrected chi connectivity index (χ3v) is 4.42. The van der Waals surface area contributed by atoms with Crippen molar-refractivity contribution in [3.05, 3.63) is 47.3 Å². The summed E-state index contributed by atoms with van der Waals surface area (Å²) in [5.74, 6) is -1.09. The Morgan fingerprint density at radius 3 is 2.27 bits per heavy atom. The summed E-state index contributed by atoms with van der Waals surface area (Å²) in [6.45, 7) is 9.47. The lowest BCUT2D eigenvalue weighted by Gasteiger charge is -2.23. The predicted octanol–water partition coefficient (Wildman–Crippen LogP) is 4.49. The summed E-state index contributed by atoms with van der Waals surface area (Å²) in [6, 6.07) is 6.38. The number of benzene rings is 1. The molecule has 0 bridgehead atoms. The SMILES string of the molecule is CC(C)c1cc(C(=O)N(C)CC(=O)Nc2ccccc2C(F)(F)F)nn1C(C)(C)C. The lowest BCUT2D eigenvalue weighted by molar-refractivity contribution is -0.137. The molecule has 6 nitrogen and oxygen atoms in total. The number of para-hydroxylation sites is 1. The third kappa shape index (κ3) is 5.40. The molecule has 164 valence electrons. The van der Waals surface area contributed by atoms with Gasteiger partial charge in [0.05, 0.1) is 23.3 Å². The third-order valence-electron chi connectivity index (χ3n) is 4.42. The molecule has 0 aliphatic rings. The van der Waals surface area contributed by atoms with Crippen LogP contribution in [0.3, 0.4) is 0 Å². The van der Waals surface area contributed by atoms with Gasteiger partial charge in [-0.1, -0.05) is 26.0 Å². The highest BCUT2D eigenvalue weighted by molar-refractivity contribution is 5.98. The highest BCUT2D eigenvalue weighted by atomic mass is 19.4. The van der Waals surface area contributed by atoms with Crippen LogP contribution >= 0.6 is 0 Å². The molecule has 1 aromatic heterocycles. The molecule has 9 heteroatoms. The number of aromatic nitrogens is 2. The second-order valence-electron chi connectivity index (χ2n) is 8.44. The normalized spacial score (nSPS) is 12.2. The maximum absolute atomic E-state index is 13.1. The minimum absolute atomic E-state index is 0.130. The number of nitrogens with one attached hydrogen (secondary N) is 1. The quantitative estimate of drug-likeness (QED) is 0.769. The van der Waals surface area contributed by atoms with Gasteiger partial charge >= 0.3 is 6.18 Å². The van der Waals surface area contributed by atoms with E-state index < -0.39 is 30.1 Å². The van der Waals surface area contributed by atoms with E-state index >= 15 is 0 Å². The van der Waals surface area contributed by atoms with Crippen LogP contribution in [-0.2, 0) is 16.5 Å². The minimum Gasteiger partial charge on any atom is -0.331 e. The Morgan fingerprint density at radius 2 is 1.77 bits per heavy atom. The van der Waals surface area contributed by atoms with Crippen molar-refractivity contribution in [1.82, 2.24) is 14.7 Å². The second-order valence-corrected chi connectivity index (χ2v) is 8.44. The standard InChI is InChI=1S/C21H27F3N4O2/c1-13(2)17-11-16(26-28(17)20(3,4)5)19(30)27(6)12-18(29)25-15-10-8-7-9-14(15)21(22,23)24/h7-11,13H,12H2,1-6H3,(H,25,29). The molecule has 0 unspecified atom stereocenters. The highest BCUT2D eigenvalue weighted by Crippen LogP contribution is 2.34. The Hall–Kier alpha value is -2.84. The van der Waals surface area contributed by atoms with Gasteiger partial charge in [0.15, 0.2) is 5.69 Å². The van der Waals surface area contributed by atoms with Crippen LogP contribution in [-0.4, -0.2) is 40.1 Å². The summed E-state index contributed by atoms with van der Waals surface area (Å²) in [5.41, 5.74) is -0.578. The Morgan fingerprint density at radius 1 is 1.17 bits per heavy atom. The predicted molar refractivity (Wildman–Crippen MR) is 108 cm³/mol. The van der Waals surface area contributed by atoms with Crippen molar-refractivity contribution in [3.63, 3.8) is 0 Å². The summed E-state index contributed by atoms with van der Waals surface area (Å²) in [6.07, 6.45) is -4.60. The van der Waals surface area contributed by atoms with E-state index in [0.717, 1.165) is 16.7 Å². The van der Waals surface area contributed by atoms with Gasteiger partial charge in [0, 0.05) is 12.7 Å². The number of hydrogen-bond donors (Lipinski definition) is 1. The Labute approximate surface area is 174 Å². The molecule has 0 aliphatic heterocycles. The number of carbonyl (C=O) groups excluding carboxylic acids is 2. The topological polar surface area (TPSA) is 67.2 Å². The molecule has 1 N–H and O–H groups in total. The molecule has 0 spiro atoms. The summed E-state index contributed by atoms with van der Waals surface area (Å²) in [5, 5.41) is 6.64. The summed E-state index contributed by atoms with van der Waals surface area (Å²) < 4.78 is 41.0. The van der Waals surface area contributed by atoms with E-state index in [1.54, 1.807) is 10.7 Å². The van der Waals surface area contributed by atoms with Crippen molar-refractivity contribution in [2.24, 2.45) is 0 Å². The van der Waals surface area contributed by atoms with Gasteiger partial charge in [-0.15, -0.1) is 0 Å². The number of nitrogens with zero attached hydrogens (tertiary/aromatic N) is 3. The van der Waals surface area contributed by atoms with E-state index in [-0.39, 0.29) is 22.8 Å². The number of amides is 2. The number of anilines is 1.